The fraction of sp³-hybridized carbons (Fsp3) is 0.333. The first kappa shape index (κ1) is 20.2. The molecule has 0 bridgehead atoms. The van der Waals surface area contributed by atoms with Crippen LogP contribution in [0.4, 0.5) is 4.39 Å². The molecule has 0 aliphatic carbocycles. The first-order valence-electron chi connectivity index (χ1n) is 9.16. The number of aromatic nitrogens is 1. The lowest BCUT2D eigenvalue weighted by atomic mass is 10.1. The van der Waals surface area contributed by atoms with Gasteiger partial charge in [-0.2, -0.15) is 0 Å². The number of aryl methyl sites for hydroxylation is 1. The standard InChI is InChI=1S/C21H24FN3O2S/c1-14-18(20(26)23-10-4-11-24(2)3)19-17(28-14)9-12-25(21(19)27)13-15-5-7-16(22)8-6-15/h5-9,12H,4,10-11,13H2,1-3H3,(H,23,26). The Kier molecular flexibility index (Phi) is 6.26. The van der Waals surface area contributed by atoms with Crippen LogP contribution >= 0.6 is 11.3 Å². The van der Waals surface area contributed by atoms with Crippen LogP contribution in [0.2, 0.25) is 0 Å². The molecular weight excluding hydrogens is 377 g/mol. The van der Waals surface area contributed by atoms with Gasteiger partial charge in [-0.05, 0) is 57.7 Å². The zero-order valence-corrected chi connectivity index (χ0v) is 17.1. The van der Waals surface area contributed by atoms with Gasteiger partial charge in [-0.3, -0.25) is 9.59 Å². The van der Waals surface area contributed by atoms with Crippen molar-refractivity contribution in [1.82, 2.24) is 14.8 Å². The Morgan fingerprint density at radius 1 is 1.21 bits per heavy atom. The predicted molar refractivity (Wildman–Crippen MR) is 112 cm³/mol. The van der Waals surface area contributed by atoms with Crippen LogP contribution in [0.3, 0.4) is 0 Å². The van der Waals surface area contributed by atoms with Crippen molar-refractivity contribution in [3.8, 4) is 0 Å². The van der Waals surface area contributed by atoms with Gasteiger partial charge >= 0.3 is 0 Å². The van der Waals surface area contributed by atoms with Crippen LogP contribution in [-0.2, 0) is 6.54 Å². The average Bonchev–Trinajstić information content (AvgIpc) is 2.99. The third-order valence-corrected chi connectivity index (χ3v) is 5.62. The Balaban J connectivity index is 1.88. The summed E-state index contributed by atoms with van der Waals surface area (Å²) in [7, 11) is 3.98. The van der Waals surface area contributed by atoms with Gasteiger partial charge < -0.3 is 14.8 Å². The number of halogens is 1. The van der Waals surface area contributed by atoms with Gasteiger partial charge in [0.2, 0.25) is 0 Å². The largest absolute Gasteiger partial charge is 0.352 e. The van der Waals surface area contributed by atoms with Crippen LogP contribution in [0.15, 0.2) is 41.3 Å². The average molecular weight is 402 g/mol. The number of rotatable bonds is 7. The fourth-order valence-electron chi connectivity index (χ4n) is 3.13. The number of pyridine rings is 1. The van der Waals surface area contributed by atoms with Gasteiger partial charge in [0, 0.05) is 22.3 Å². The summed E-state index contributed by atoms with van der Waals surface area (Å²) in [5.74, 6) is -0.521. The topological polar surface area (TPSA) is 54.3 Å². The third kappa shape index (κ3) is 4.48. The first-order valence-corrected chi connectivity index (χ1v) is 9.98. The van der Waals surface area contributed by atoms with Crippen LogP contribution in [0.5, 0.6) is 0 Å². The van der Waals surface area contributed by atoms with Gasteiger partial charge in [-0.25, -0.2) is 4.39 Å². The molecule has 0 saturated heterocycles. The maximum Gasteiger partial charge on any atom is 0.260 e. The molecule has 0 saturated carbocycles. The number of fused-ring (bicyclic) bond motifs is 1. The van der Waals surface area contributed by atoms with Crippen molar-refractivity contribution in [1.29, 1.82) is 0 Å². The summed E-state index contributed by atoms with van der Waals surface area (Å²) in [5.41, 5.74) is 1.08. The minimum atomic E-state index is -0.312. The van der Waals surface area contributed by atoms with Gasteiger partial charge in [-0.1, -0.05) is 12.1 Å². The first-order chi connectivity index (χ1) is 13.4. The highest BCUT2D eigenvalue weighted by atomic mass is 32.1. The molecule has 1 amide bonds. The van der Waals surface area contributed by atoms with Gasteiger partial charge in [0.1, 0.15) is 5.82 Å². The maximum atomic E-state index is 13.1. The third-order valence-electron chi connectivity index (χ3n) is 4.55. The second-order valence-corrected chi connectivity index (χ2v) is 8.32. The fourth-order valence-corrected chi connectivity index (χ4v) is 4.18. The summed E-state index contributed by atoms with van der Waals surface area (Å²) < 4.78 is 15.5. The molecule has 2 heterocycles. The molecule has 148 valence electrons. The monoisotopic (exact) mass is 401 g/mol. The molecule has 0 spiro atoms. The molecule has 0 unspecified atom stereocenters. The number of nitrogens with one attached hydrogen (secondary N) is 1. The number of thiophene rings is 1. The number of hydrogen-bond donors (Lipinski definition) is 1. The molecule has 0 atom stereocenters. The van der Waals surface area contributed by atoms with E-state index in [2.05, 4.69) is 10.2 Å². The number of benzene rings is 1. The molecule has 3 rings (SSSR count). The smallest absolute Gasteiger partial charge is 0.260 e. The van der Waals surface area contributed by atoms with Crippen LogP contribution in [-0.4, -0.2) is 42.6 Å². The number of carbonyl (C=O) groups excluding carboxylic acids is 1. The SMILES string of the molecule is Cc1sc2ccn(Cc3ccc(F)cc3)c(=O)c2c1C(=O)NCCCN(C)C. The quantitative estimate of drug-likeness (QED) is 0.619. The van der Waals surface area contributed by atoms with Gasteiger partial charge in [-0.15, -0.1) is 11.3 Å². The number of hydrogen-bond acceptors (Lipinski definition) is 4. The molecule has 1 aromatic carbocycles. The highest BCUT2D eigenvalue weighted by molar-refractivity contribution is 7.19. The van der Waals surface area contributed by atoms with E-state index in [1.165, 1.54) is 23.5 Å². The van der Waals surface area contributed by atoms with Crippen LogP contribution in [0.25, 0.3) is 10.1 Å². The molecule has 28 heavy (non-hydrogen) atoms. The Hall–Kier alpha value is -2.51. The summed E-state index contributed by atoms with van der Waals surface area (Å²) in [6, 6.07) is 7.92. The molecule has 1 N–H and O–H groups in total. The van der Waals surface area contributed by atoms with E-state index in [1.54, 1.807) is 22.9 Å². The minimum absolute atomic E-state index is 0.204. The molecule has 7 heteroatoms. The van der Waals surface area contributed by atoms with E-state index in [-0.39, 0.29) is 17.3 Å². The van der Waals surface area contributed by atoms with Crippen LogP contribution in [0.1, 0.15) is 27.2 Å². The minimum Gasteiger partial charge on any atom is -0.352 e. The zero-order chi connectivity index (χ0) is 20.3. The van der Waals surface area contributed by atoms with Crippen LogP contribution in [0, 0.1) is 12.7 Å². The molecular formula is C21H24FN3O2S. The van der Waals surface area contributed by atoms with Crippen molar-refractivity contribution in [2.75, 3.05) is 27.2 Å². The summed E-state index contributed by atoms with van der Waals surface area (Å²) >= 11 is 1.45. The summed E-state index contributed by atoms with van der Waals surface area (Å²) in [5, 5.41) is 3.38. The number of carbonyl (C=O) groups is 1. The van der Waals surface area contributed by atoms with Gasteiger partial charge in [0.25, 0.3) is 11.5 Å². The van der Waals surface area contributed by atoms with Gasteiger partial charge in [0.05, 0.1) is 17.5 Å². The van der Waals surface area contributed by atoms with Gasteiger partial charge in [0.15, 0.2) is 0 Å². The van der Waals surface area contributed by atoms with Crippen molar-refractivity contribution in [3.05, 3.63) is 68.7 Å². The van der Waals surface area contributed by atoms with Crippen molar-refractivity contribution in [2.24, 2.45) is 0 Å². The summed E-state index contributed by atoms with van der Waals surface area (Å²) in [6.07, 6.45) is 2.57. The molecule has 0 aliphatic heterocycles. The predicted octanol–water partition coefficient (Wildman–Crippen LogP) is 3.24. The summed E-state index contributed by atoms with van der Waals surface area (Å²) in [4.78, 5) is 28.7. The maximum absolute atomic E-state index is 13.1. The van der Waals surface area contributed by atoms with E-state index >= 15 is 0 Å². The van der Waals surface area contributed by atoms with E-state index in [0.29, 0.717) is 24.0 Å². The second kappa shape index (κ2) is 8.67. The van der Waals surface area contributed by atoms with E-state index in [0.717, 1.165) is 28.1 Å². The Morgan fingerprint density at radius 2 is 1.93 bits per heavy atom. The molecule has 0 aliphatic rings. The summed E-state index contributed by atoms with van der Waals surface area (Å²) in [6.45, 7) is 3.63. The zero-order valence-electron chi connectivity index (χ0n) is 16.3. The van der Waals surface area contributed by atoms with E-state index in [9.17, 15) is 14.0 Å². The van der Waals surface area contributed by atoms with E-state index < -0.39 is 0 Å². The molecule has 0 radical (unpaired) electrons. The highest BCUT2D eigenvalue weighted by Crippen LogP contribution is 2.28. The highest BCUT2D eigenvalue weighted by Gasteiger charge is 2.20. The lowest BCUT2D eigenvalue weighted by Gasteiger charge is -2.10. The Morgan fingerprint density at radius 3 is 2.61 bits per heavy atom. The molecule has 0 fully saturated rings. The number of amides is 1. The Labute approximate surface area is 167 Å². The molecule has 3 aromatic rings. The van der Waals surface area contributed by atoms with Crippen LogP contribution < -0.4 is 10.9 Å². The van der Waals surface area contributed by atoms with E-state index in [1.807, 2.05) is 27.1 Å². The van der Waals surface area contributed by atoms with Crippen molar-refractivity contribution in [3.63, 3.8) is 0 Å². The lowest BCUT2D eigenvalue weighted by molar-refractivity contribution is 0.0953. The lowest BCUT2D eigenvalue weighted by Crippen LogP contribution is -2.29. The number of nitrogens with zero attached hydrogens (tertiary/aromatic N) is 2. The second-order valence-electron chi connectivity index (χ2n) is 7.06. The van der Waals surface area contributed by atoms with Crippen molar-refractivity contribution >= 4 is 27.3 Å². The van der Waals surface area contributed by atoms with Crippen molar-refractivity contribution in [2.45, 2.75) is 19.9 Å². The Bertz CT molecular complexity index is 1040. The van der Waals surface area contributed by atoms with E-state index in [4.69, 9.17) is 0 Å². The molecule has 5 nitrogen and oxygen atoms in total. The van der Waals surface area contributed by atoms with Crippen molar-refractivity contribution < 1.29 is 9.18 Å². The normalized spacial score (nSPS) is 11.3. The molecule has 2 aromatic heterocycles.